The Kier molecular flexibility index (Phi) is 5.37. The van der Waals surface area contributed by atoms with Crippen LogP contribution in [0.4, 0.5) is 10.1 Å². The zero-order valence-electron chi connectivity index (χ0n) is 14.3. The molecule has 0 amide bonds. The largest absolute Gasteiger partial charge is 0.280 e. The lowest BCUT2D eigenvalue weighted by atomic mass is 10.1. The highest BCUT2D eigenvalue weighted by Crippen LogP contribution is 2.24. The van der Waals surface area contributed by atoms with Crippen molar-refractivity contribution in [2.45, 2.75) is 9.92 Å². The summed E-state index contributed by atoms with van der Waals surface area (Å²) in [6, 6.07) is 12.1. The molecule has 0 aliphatic heterocycles. The van der Waals surface area contributed by atoms with Gasteiger partial charge < -0.3 is 0 Å². The lowest BCUT2D eigenvalue weighted by Crippen LogP contribution is -2.13. The minimum absolute atomic E-state index is 0.140. The zero-order chi connectivity index (χ0) is 20.5. The molecule has 0 spiro atoms. The van der Waals surface area contributed by atoms with Gasteiger partial charge in [0, 0.05) is 17.5 Å². The van der Waals surface area contributed by atoms with E-state index in [4.69, 9.17) is 11.6 Å². The molecular weight excluding hydrogens is 429 g/mol. The molecule has 1 aromatic heterocycles. The van der Waals surface area contributed by atoms with Crippen LogP contribution in [0.2, 0.25) is 5.02 Å². The van der Waals surface area contributed by atoms with Crippen molar-refractivity contribution in [1.29, 1.82) is 0 Å². The first kappa shape index (κ1) is 20.2. The number of aromatic nitrogens is 2. The van der Waals surface area contributed by atoms with Gasteiger partial charge in [0.15, 0.2) is 14.9 Å². The van der Waals surface area contributed by atoms with Crippen molar-refractivity contribution in [2.24, 2.45) is 0 Å². The molecule has 0 unspecified atom stereocenters. The third-order valence-corrected chi connectivity index (χ3v) is 6.30. The molecule has 0 aliphatic carbocycles. The van der Waals surface area contributed by atoms with Gasteiger partial charge in [-0.2, -0.15) is 0 Å². The van der Waals surface area contributed by atoms with E-state index in [1.54, 1.807) is 12.1 Å². The Morgan fingerprint density at radius 2 is 1.61 bits per heavy atom. The molecule has 28 heavy (non-hydrogen) atoms. The number of hydrogen-bond donors (Lipinski definition) is 1. The van der Waals surface area contributed by atoms with Gasteiger partial charge in [-0.3, -0.25) is 4.72 Å². The van der Waals surface area contributed by atoms with Crippen LogP contribution in [0.5, 0.6) is 0 Å². The lowest BCUT2D eigenvalue weighted by molar-refractivity contribution is 0.595. The molecule has 0 bridgehead atoms. The van der Waals surface area contributed by atoms with Gasteiger partial charge in [0.25, 0.3) is 10.0 Å². The van der Waals surface area contributed by atoms with E-state index in [0.717, 1.165) is 24.5 Å². The number of sulfone groups is 1. The van der Waals surface area contributed by atoms with Crippen molar-refractivity contribution in [2.75, 3.05) is 11.0 Å². The molecule has 0 atom stereocenters. The molecule has 11 heteroatoms. The fraction of sp³-hybridized carbons (Fsp3) is 0.0588. The maximum absolute atomic E-state index is 13.2. The van der Waals surface area contributed by atoms with E-state index in [0.29, 0.717) is 11.3 Å². The minimum atomic E-state index is -3.95. The molecule has 0 fully saturated rings. The molecule has 2 aromatic carbocycles. The monoisotopic (exact) mass is 441 g/mol. The summed E-state index contributed by atoms with van der Waals surface area (Å²) in [5.74, 6) is -0.715. The molecule has 3 aromatic rings. The predicted octanol–water partition coefficient (Wildman–Crippen LogP) is 3.14. The Bertz CT molecular complexity index is 1230. The maximum Gasteiger partial charge on any atom is 0.261 e. The van der Waals surface area contributed by atoms with E-state index in [2.05, 4.69) is 14.9 Å². The average molecular weight is 442 g/mol. The van der Waals surface area contributed by atoms with Gasteiger partial charge in [-0.1, -0.05) is 23.7 Å². The molecule has 3 rings (SSSR count). The smallest absolute Gasteiger partial charge is 0.261 e. The molecule has 0 saturated heterocycles. The van der Waals surface area contributed by atoms with Gasteiger partial charge in [0.1, 0.15) is 5.82 Å². The molecule has 0 radical (unpaired) electrons. The predicted molar refractivity (Wildman–Crippen MR) is 103 cm³/mol. The second-order valence-corrected chi connectivity index (χ2v) is 9.84. The number of anilines is 1. The van der Waals surface area contributed by atoms with Gasteiger partial charge in [0.2, 0.25) is 0 Å². The van der Waals surface area contributed by atoms with E-state index >= 15 is 0 Å². The Hall–Kier alpha value is -2.56. The van der Waals surface area contributed by atoms with Gasteiger partial charge in [-0.15, -0.1) is 10.2 Å². The van der Waals surface area contributed by atoms with Crippen molar-refractivity contribution in [3.63, 3.8) is 0 Å². The first-order valence-corrected chi connectivity index (χ1v) is 11.4. The van der Waals surface area contributed by atoms with E-state index in [1.165, 1.54) is 24.3 Å². The van der Waals surface area contributed by atoms with Crippen LogP contribution in [0.3, 0.4) is 0 Å². The Balaban J connectivity index is 1.81. The van der Waals surface area contributed by atoms with Gasteiger partial charge in [0.05, 0.1) is 15.6 Å². The van der Waals surface area contributed by atoms with Crippen molar-refractivity contribution >= 4 is 37.1 Å². The quantitative estimate of drug-likeness (QED) is 0.652. The minimum Gasteiger partial charge on any atom is -0.280 e. The molecule has 1 heterocycles. The van der Waals surface area contributed by atoms with Gasteiger partial charge in [-0.25, -0.2) is 21.2 Å². The number of hydrogen-bond acceptors (Lipinski definition) is 6. The van der Waals surface area contributed by atoms with Crippen molar-refractivity contribution < 1.29 is 21.2 Å². The molecule has 1 N–H and O–H groups in total. The topological polar surface area (TPSA) is 106 Å². The van der Waals surface area contributed by atoms with Crippen LogP contribution in [0.25, 0.3) is 11.3 Å². The number of sulfonamides is 1. The van der Waals surface area contributed by atoms with Crippen LogP contribution in [-0.4, -0.2) is 33.3 Å². The number of halogens is 2. The van der Waals surface area contributed by atoms with Crippen molar-refractivity contribution in [3.8, 4) is 11.3 Å². The Labute approximate surface area is 166 Å². The third-order valence-electron chi connectivity index (χ3n) is 3.65. The summed E-state index contributed by atoms with van der Waals surface area (Å²) < 4.78 is 63.2. The summed E-state index contributed by atoms with van der Waals surface area (Å²) in [6.45, 7) is 0. The number of nitrogens with one attached hydrogen (secondary N) is 1. The van der Waals surface area contributed by atoms with Crippen LogP contribution in [0, 0.1) is 5.82 Å². The van der Waals surface area contributed by atoms with Crippen LogP contribution in [0.1, 0.15) is 0 Å². The second kappa shape index (κ2) is 7.46. The number of rotatable bonds is 5. The summed E-state index contributed by atoms with van der Waals surface area (Å²) in [7, 11) is -7.39. The second-order valence-electron chi connectivity index (χ2n) is 5.79. The van der Waals surface area contributed by atoms with E-state index < -0.39 is 25.7 Å². The summed E-state index contributed by atoms with van der Waals surface area (Å²) in [5, 5.41) is 7.10. The molecule has 7 nitrogen and oxygen atoms in total. The van der Waals surface area contributed by atoms with Gasteiger partial charge >= 0.3 is 0 Å². The Morgan fingerprint density at radius 1 is 0.929 bits per heavy atom. The zero-order valence-corrected chi connectivity index (χ0v) is 16.7. The third kappa shape index (κ3) is 4.46. The fourth-order valence-electron chi connectivity index (χ4n) is 2.24. The first-order valence-electron chi connectivity index (χ1n) is 7.68. The Morgan fingerprint density at radius 3 is 2.14 bits per heavy atom. The molecule has 0 aliphatic rings. The fourth-order valence-corrected chi connectivity index (χ4v) is 4.07. The molecular formula is C17H13ClFN3O4S2. The molecule has 0 saturated carbocycles. The normalized spacial score (nSPS) is 12.0. The van der Waals surface area contributed by atoms with Crippen molar-refractivity contribution in [1.82, 2.24) is 10.2 Å². The average Bonchev–Trinajstić information content (AvgIpc) is 2.63. The summed E-state index contributed by atoms with van der Waals surface area (Å²) >= 11 is 5.63. The highest BCUT2D eigenvalue weighted by molar-refractivity contribution is 7.92. The van der Waals surface area contributed by atoms with Crippen LogP contribution < -0.4 is 4.72 Å². The SMILES string of the molecule is CS(=O)(=O)c1ccc(-c2ccc(NS(=O)(=O)c3ccc(F)c(Cl)c3)cc2)nn1. The maximum atomic E-state index is 13.2. The standard InChI is InChI=1S/C17H13ClFN3O4S2/c1-27(23,24)17-9-8-16(20-21-17)11-2-4-12(5-3-11)22-28(25,26)13-6-7-15(19)14(18)10-13/h2-10,22H,1H3. The van der Waals surface area contributed by atoms with Crippen LogP contribution in [-0.2, 0) is 19.9 Å². The van der Waals surface area contributed by atoms with E-state index in [9.17, 15) is 21.2 Å². The molecule has 146 valence electrons. The summed E-state index contributed by atoms with van der Waals surface area (Å²) in [6.07, 6.45) is 1.03. The first-order chi connectivity index (χ1) is 13.1. The lowest BCUT2D eigenvalue weighted by Gasteiger charge is -2.09. The summed E-state index contributed by atoms with van der Waals surface area (Å²) in [5.41, 5.74) is 1.30. The van der Waals surface area contributed by atoms with Crippen molar-refractivity contribution in [3.05, 3.63) is 65.4 Å². The van der Waals surface area contributed by atoms with Crippen LogP contribution >= 0.6 is 11.6 Å². The van der Waals surface area contributed by atoms with E-state index in [-0.39, 0.29) is 20.6 Å². The summed E-state index contributed by atoms with van der Waals surface area (Å²) in [4.78, 5) is -0.176. The van der Waals surface area contributed by atoms with Crippen LogP contribution in [0.15, 0.2) is 64.5 Å². The number of nitrogens with zero attached hydrogens (tertiary/aromatic N) is 2. The highest BCUT2D eigenvalue weighted by atomic mass is 35.5. The number of benzene rings is 2. The highest BCUT2D eigenvalue weighted by Gasteiger charge is 2.16. The van der Waals surface area contributed by atoms with E-state index in [1.807, 2.05) is 0 Å². The van der Waals surface area contributed by atoms with Gasteiger partial charge in [-0.05, 0) is 42.5 Å².